The number of carbonyl (C=O) groups is 1. The Bertz CT molecular complexity index is 950. The molecule has 0 fully saturated rings. The van der Waals surface area contributed by atoms with Crippen molar-refractivity contribution < 1.29 is 4.79 Å². The predicted molar refractivity (Wildman–Crippen MR) is 103 cm³/mol. The fourth-order valence-electron chi connectivity index (χ4n) is 2.93. The first-order valence-electron chi connectivity index (χ1n) is 7.93. The van der Waals surface area contributed by atoms with Crippen LogP contribution in [0.1, 0.15) is 26.4 Å². The van der Waals surface area contributed by atoms with Gasteiger partial charge in [0.1, 0.15) is 5.00 Å². The Kier molecular flexibility index (Phi) is 4.35. The average Bonchev–Trinajstić information content (AvgIpc) is 3.29. The minimum atomic E-state index is -0.0854. The number of amides is 1. The zero-order valence-corrected chi connectivity index (χ0v) is 15.0. The SMILES string of the molecule is N#Cc1ccc(NC(=O)c2c(-n3cccc3)sc3c2CCSC3)cc1. The molecule has 25 heavy (non-hydrogen) atoms. The molecule has 4 rings (SSSR count). The summed E-state index contributed by atoms with van der Waals surface area (Å²) in [6.45, 7) is 0. The third-order valence-electron chi connectivity index (χ3n) is 4.14. The van der Waals surface area contributed by atoms with E-state index in [0.29, 0.717) is 11.3 Å². The smallest absolute Gasteiger partial charge is 0.258 e. The third kappa shape index (κ3) is 3.09. The molecule has 1 aliphatic heterocycles. The van der Waals surface area contributed by atoms with Crippen molar-refractivity contribution in [3.63, 3.8) is 0 Å². The molecule has 3 heterocycles. The molecule has 0 saturated heterocycles. The zero-order chi connectivity index (χ0) is 17.2. The second kappa shape index (κ2) is 6.79. The predicted octanol–water partition coefficient (Wildman–Crippen LogP) is 4.45. The Morgan fingerprint density at radius 1 is 1.20 bits per heavy atom. The van der Waals surface area contributed by atoms with Gasteiger partial charge in [-0.1, -0.05) is 0 Å². The number of nitriles is 1. The number of rotatable bonds is 3. The van der Waals surface area contributed by atoms with Crippen LogP contribution in [0.2, 0.25) is 0 Å². The van der Waals surface area contributed by atoms with E-state index >= 15 is 0 Å². The normalized spacial score (nSPS) is 13.1. The van der Waals surface area contributed by atoms with Crippen molar-refractivity contribution in [2.24, 2.45) is 0 Å². The van der Waals surface area contributed by atoms with Crippen LogP contribution in [0.15, 0.2) is 48.8 Å². The Morgan fingerprint density at radius 3 is 2.68 bits per heavy atom. The molecule has 2 aromatic heterocycles. The highest BCUT2D eigenvalue weighted by molar-refractivity contribution is 7.98. The van der Waals surface area contributed by atoms with Gasteiger partial charge in [-0.3, -0.25) is 4.79 Å². The highest BCUT2D eigenvalue weighted by Crippen LogP contribution is 2.38. The molecule has 1 N–H and O–H groups in total. The Balaban J connectivity index is 1.71. The number of hydrogen-bond donors (Lipinski definition) is 1. The number of anilines is 1. The van der Waals surface area contributed by atoms with E-state index in [2.05, 4.69) is 11.4 Å². The van der Waals surface area contributed by atoms with Gasteiger partial charge < -0.3 is 9.88 Å². The average molecular weight is 365 g/mol. The number of thioether (sulfide) groups is 1. The summed E-state index contributed by atoms with van der Waals surface area (Å²) in [5, 5.41) is 12.9. The van der Waals surface area contributed by atoms with Crippen LogP contribution in [-0.2, 0) is 12.2 Å². The Hall–Kier alpha value is -2.49. The number of carbonyl (C=O) groups excluding carboxylic acids is 1. The van der Waals surface area contributed by atoms with Gasteiger partial charge in [-0.25, -0.2) is 0 Å². The topological polar surface area (TPSA) is 57.8 Å². The summed E-state index contributed by atoms with van der Waals surface area (Å²) in [5.41, 5.74) is 3.24. The van der Waals surface area contributed by atoms with Gasteiger partial charge in [0.15, 0.2) is 0 Å². The molecule has 0 radical (unpaired) electrons. The van der Waals surface area contributed by atoms with Crippen LogP contribution in [0.3, 0.4) is 0 Å². The summed E-state index contributed by atoms with van der Waals surface area (Å²) in [4.78, 5) is 14.3. The molecule has 0 spiro atoms. The molecule has 1 aromatic carbocycles. The lowest BCUT2D eigenvalue weighted by atomic mass is 10.1. The number of thiophene rings is 1. The molecule has 1 aliphatic rings. The lowest BCUT2D eigenvalue weighted by Gasteiger charge is -2.13. The minimum Gasteiger partial charge on any atom is -0.322 e. The van der Waals surface area contributed by atoms with E-state index in [4.69, 9.17) is 5.26 Å². The highest BCUT2D eigenvalue weighted by atomic mass is 32.2. The lowest BCUT2D eigenvalue weighted by molar-refractivity contribution is 0.102. The van der Waals surface area contributed by atoms with Crippen LogP contribution in [0, 0.1) is 11.3 Å². The number of hydrogen-bond acceptors (Lipinski definition) is 4. The molecule has 0 aliphatic carbocycles. The first-order chi connectivity index (χ1) is 12.3. The van der Waals surface area contributed by atoms with Gasteiger partial charge in [-0.2, -0.15) is 17.0 Å². The second-order valence-corrected chi connectivity index (χ2v) is 7.91. The van der Waals surface area contributed by atoms with Gasteiger partial charge in [-0.15, -0.1) is 11.3 Å². The first kappa shape index (κ1) is 16.0. The van der Waals surface area contributed by atoms with Crippen molar-refractivity contribution in [1.29, 1.82) is 5.26 Å². The molecule has 0 atom stereocenters. The van der Waals surface area contributed by atoms with Crippen LogP contribution in [0.25, 0.3) is 5.00 Å². The maximum atomic E-state index is 13.0. The Labute approximate surface area is 154 Å². The monoisotopic (exact) mass is 365 g/mol. The van der Waals surface area contributed by atoms with Gasteiger partial charge in [0.2, 0.25) is 0 Å². The molecule has 0 saturated carbocycles. The van der Waals surface area contributed by atoms with Crippen LogP contribution in [0.4, 0.5) is 5.69 Å². The second-order valence-electron chi connectivity index (χ2n) is 5.72. The summed E-state index contributed by atoms with van der Waals surface area (Å²) in [7, 11) is 0. The summed E-state index contributed by atoms with van der Waals surface area (Å²) >= 11 is 3.62. The molecule has 124 valence electrons. The molecule has 0 bridgehead atoms. The van der Waals surface area contributed by atoms with E-state index < -0.39 is 0 Å². The fourth-order valence-corrected chi connectivity index (χ4v) is 5.37. The van der Waals surface area contributed by atoms with E-state index in [1.807, 2.05) is 40.9 Å². The van der Waals surface area contributed by atoms with Crippen molar-refractivity contribution >= 4 is 34.7 Å². The highest BCUT2D eigenvalue weighted by Gasteiger charge is 2.26. The van der Waals surface area contributed by atoms with Crippen molar-refractivity contribution in [1.82, 2.24) is 4.57 Å². The van der Waals surface area contributed by atoms with Gasteiger partial charge in [0.25, 0.3) is 5.91 Å². The van der Waals surface area contributed by atoms with Crippen molar-refractivity contribution in [3.05, 3.63) is 70.4 Å². The van der Waals surface area contributed by atoms with E-state index in [1.54, 1.807) is 35.6 Å². The molecular formula is C19H15N3OS2. The molecular weight excluding hydrogens is 350 g/mol. The number of nitrogens with one attached hydrogen (secondary N) is 1. The van der Waals surface area contributed by atoms with Crippen LogP contribution >= 0.6 is 23.1 Å². The van der Waals surface area contributed by atoms with Crippen LogP contribution < -0.4 is 5.32 Å². The molecule has 1 amide bonds. The lowest BCUT2D eigenvalue weighted by Crippen LogP contribution is -2.16. The molecule has 3 aromatic rings. The van der Waals surface area contributed by atoms with Crippen molar-refractivity contribution in [2.45, 2.75) is 12.2 Å². The quantitative estimate of drug-likeness (QED) is 0.746. The molecule has 0 unspecified atom stereocenters. The largest absolute Gasteiger partial charge is 0.322 e. The minimum absolute atomic E-state index is 0.0854. The van der Waals surface area contributed by atoms with Gasteiger partial charge in [0, 0.05) is 28.7 Å². The number of benzene rings is 1. The number of nitrogens with zero attached hydrogens (tertiary/aromatic N) is 2. The van der Waals surface area contributed by atoms with E-state index in [1.165, 1.54) is 10.4 Å². The molecule has 4 nitrogen and oxygen atoms in total. The van der Waals surface area contributed by atoms with Crippen LogP contribution in [0.5, 0.6) is 0 Å². The van der Waals surface area contributed by atoms with E-state index in [9.17, 15) is 4.79 Å². The summed E-state index contributed by atoms with van der Waals surface area (Å²) in [6.07, 6.45) is 4.87. The van der Waals surface area contributed by atoms with E-state index in [0.717, 1.165) is 28.5 Å². The van der Waals surface area contributed by atoms with Gasteiger partial charge in [0.05, 0.1) is 17.2 Å². The maximum absolute atomic E-state index is 13.0. The molecule has 6 heteroatoms. The van der Waals surface area contributed by atoms with Gasteiger partial charge in [-0.05, 0) is 54.1 Å². The van der Waals surface area contributed by atoms with Gasteiger partial charge >= 0.3 is 0 Å². The summed E-state index contributed by atoms with van der Waals surface area (Å²) in [6, 6.07) is 13.0. The number of aromatic nitrogens is 1. The zero-order valence-electron chi connectivity index (χ0n) is 13.4. The van der Waals surface area contributed by atoms with Crippen molar-refractivity contribution in [3.8, 4) is 11.1 Å². The summed E-state index contributed by atoms with van der Waals surface area (Å²) in [5.74, 6) is 1.93. The standard InChI is InChI=1S/C19H15N3OS2/c20-11-13-3-5-14(6-4-13)21-18(23)17-15-7-10-24-12-16(15)25-19(17)22-8-1-2-9-22/h1-6,8-9H,7,10,12H2,(H,21,23). The maximum Gasteiger partial charge on any atom is 0.258 e. The number of fused-ring (bicyclic) bond motifs is 1. The summed E-state index contributed by atoms with van der Waals surface area (Å²) < 4.78 is 2.02. The fraction of sp³-hybridized carbons (Fsp3) is 0.158. The van der Waals surface area contributed by atoms with Crippen LogP contribution in [-0.4, -0.2) is 16.2 Å². The third-order valence-corrected chi connectivity index (χ3v) is 6.55. The van der Waals surface area contributed by atoms with Crippen molar-refractivity contribution in [2.75, 3.05) is 11.1 Å². The van der Waals surface area contributed by atoms with E-state index in [-0.39, 0.29) is 5.91 Å². The Morgan fingerprint density at radius 2 is 1.96 bits per heavy atom. The first-order valence-corrected chi connectivity index (χ1v) is 9.90.